The number of carbonyl (C=O) groups excluding carboxylic acids is 1. The molecule has 0 atom stereocenters. The van der Waals surface area contributed by atoms with Crippen LogP contribution in [0.4, 0.5) is 0 Å². The van der Waals surface area contributed by atoms with E-state index in [-0.39, 0.29) is 5.91 Å². The van der Waals surface area contributed by atoms with Crippen LogP contribution < -0.4 is 5.32 Å². The number of nitrogens with zero attached hydrogens (tertiary/aromatic N) is 3. The number of hydrogen-bond acceptors (Lipinski definition) is 6. The van der Waals surface area contributed by atoms with Crippen molar-refractivity contribution in [2.45, 2.75) is 5.75 Å². The fourth-order valence-electron chi connectivity index (χ4n) is 2.72. The second-order valence-electron chi connectivity index (χ2n) is 6.03. The number of rotatable bonds is 7. The Morgan fingerprint density at radius 3 is 2.64 bits per heavy atom. The maximum Gasteiger partial charge on any atom is 0.272 e. The lowest BCUT2D eigenvalue weighted by atomic mass is 10.2. The van der Waals surface area contributed by atoms with Gasteiger partial charge in [-0.15, -0.1) is 11.3 Å². The highest BCUT2D eigenvalue weighted by Crippen LogP contribution is 2.30. The lowest BCUT2D eigenvalue weighted by molar-refractivity contribution is 0.0951. The van der Waals surface area contributed by atoms with E-state index in [0.29, 0.717) is 22.9 Å². The molecule has 2 aromatic carbocycles. The van der Waals surface area contributed by atoms with Gasteiger partial charge in [0.25, 0.3) is 5.91 Å². The summed E-state index contributed by atoms with van der Waals surface area (Å²) in [5.41, 5.74) is 3.02. The average molecular weight is 407 g/mol. The van der Waals surface area contributed by atoms with E-state index in [9.17, 15) is 4.79 Å². The highest BCUT2D eigenvalue weighted by atomic mass is 32.2. The Hall–Kier alpha value is -2.77. The second kappa shape index (κ2) is 8.95. The van der Waals surface area contributed by atoms with Crippen LogP contribution in [0, 0.1) is 0 Å². The number of amides is 1. The van der Waals surface area contributed by atoms with Crippen LogP contribution in [-0.2, 0) is 5.75 Å². The first-order chi connectivity index (χ1) is 13.8. The smallest absolute Gasteiger partial charge is 0.272 e. The summed E-state index contributed by atoms with van der Waals surface area (Å²) in [5, 5.41) is 3.65. The highest BCUT2D eigenvalue weighted by molar-refractivity contribution is 7.98. The molecule has 28 heavy (non-hydrogen) atoms. The number of nitrogens with one attached hydrogen (secondary N) is 1. The number of thiazole rings is 1. The van der Waals surface area contributed by atoms with Crippen LogP contribution in [0.5, 0.6) is 0 Å². The van der Waals surface area contributed by atoms with E-state index < -0.39 is 0 Å². The first-order valence-corrected chi connectivity index (χ1v) is 10.9. The fraction of sp³-hybridized carbons (Fsp3) is 0.143. The Morgan fingerprint density at radius 2 is 1.79 bits per heavy atom. The molecule has 0 fully saturated rings. The maximum absolute atomic E-state index is 12.6. The molecule has 4 rings (SSSR count). The van der Waals surface area contributed by atoms with E-state index in [1.165, 1.54) is 23.1 Å². The van der Waals surface area contributed by atoms with Crippen molar-refractivity contribution in [1.82, 2.24) is 20.3 Å². The number of carbonyl (C=O) groups is 1. The van der Waals surface area contributed by atoms with E-state index in [2.05, 4.69) is 32.4 Å². The fourth-order valence-corrected chi connectivity index (χ4v) is 4.50. The molecule has 0 aliphatic heterocycles. The van der Waals surface area contributed by atoms with Crippen LogP contribution in [0.3, 0.4) is 0 Å². The topological polar surface area (TPSA) is 67.8 Å². The van der Waals surface area contributed by atoms with Crippen molar-refractivity contribution in [3.8, 4) is 10.7 Å². The first kappa shape index (κ1) is 18.6. The predicted octanol–water partition coefficient (Wildman–Crippen LogP) is 4.42. The van der Waals surface area contributed by atoms with Crippen molar-refractivity contribution in [3.05, 3.63) is 78.2 Å². The van der Waals surface area contributed by atoms with E-state index in [0.717, 1.165) is 21.7 Å². The van der Waals surface area contributed by atoms with Crippen LogP contribution >= 0.6 is 23.1 Å². The summed E-state index contributed by atoms with van der Waals surface area (Å²) in [4.78, 5) is 25.9. The van der Waals surface area contributed by atoms with Crippen molar-refractivity contribution in [3.63, 3.8) is 0 Å². The molecule has 0 saturated carbocycles. The lowest BCUT2D eigenvalue weighted by Gasteiger charge is -2.07. The molecular weight excluding hydrogens is 388 g/mol. The average Bonchev–Trinajstić information content (AvgIpc) is 3.18. The summed E-state index contributed by atoms with van der Waals surface area (Å²) in [6, 6.07) is 18.2. The van der Waals surface area contributed by atoms with Gasteiger partial charge in [-0.2, -0.15) is 11.8 Å². The molecule has 5 nitrogen and oxygen atoms in total. The molecule has 0 radical (unpaired) electrons. The standard InChI is InChI=1S/C21H18N4OS2/c26-20(24-12-13-27-14-15-6-2-1-3-7-15)18-19(23-11-10-22-18)21-25-16-8-4-5-9-17(16)28-21/h1-11H,12-14H2,(H,24,26). The number of para-hydroxylation sites is 1. The van der Waals surface area contributed by atoms with Crippen LogP contribution in [0.15, 0.2) is 67.0 Å². The van der Waals surface area contributed by atoms with Gasteiger partial charge >= 0.3 is 0 Å². The number of thioether (sulfide) groups is 1. The van der Waals surface area contributed by atoms with Gasteiger partial charge in [-0.05, 0) is 17.7 Å². The quantitative estimate of drug-likeness (QED) is 0.460. The minimum absolute atomic E-state index is 0.220. The normalized spacial score (nSPS) is 10.9. The second-order valence-corrected chi connectivity index (χ2v) is 8.17. The van der Waals surface area contributed by atoms with Gasteiger partial charge in [0, 0.05) is 30.4 Å². The largest absolute Gasteiger partial charge is 0.350 e. The van der Waals surface area contributed by atoms with E-state index >= 15 is 0 Å². The minimum Gasteiger partial charge on any atom is -0.350 e. The zero-order valence-corrected chi connectivity index (χ0v) is 16.7. The molecular formula is C21H18N4OS2. The summed E-state index contributed by atoms with van der Waals surface area (Å²) in [5.74, 6) is 1.54. The molecule has 1 N–H and O–H groups in total. The van der Waals surface area contributed by atoms with Crippen LogP contribution in [-0.4, -0.2) is 33.2 Å². The number of aromatic nitrogens is 3. The van der Waals surface area contributed by atoms with Gasteiger partial charge in [-0.3, -0.25) is 4.79 Å². The highest BCUT2D eigenvalue weighted by Gasteiger charge is 2.18. The van der Waals surface area contributed by atoms with Crippen LogP contribution in [0.1, 0.15) is 16.1 Å². The van der Waals surface area contributed by atoms with Crippen LogP contribution in [0.25, 0.3) is 20.9 Å². The van der Waals surface area contributed by atoms with Gasteiger partial charge in [0.2, 0.25) is 0 Å². The molecule has 4 aromatic rings. The van der Waals surface area contributed by atoms with Gasteiger partial charge in [0.05, 0.1) is 10.2 Å². The van der Waals surface area contributed by atoms with E-state index in [1.807, 2.05) is 42.5 Å². The molecule has 140 valence electrons. The SMILES string of the molecule is O=C(NCCSCc1ccccc1)c1nccnc1-c1nc2ccccc2s1. The van der Waals surface area contributed by atoms with Gasteiger partial charge < -0.3 is 5.32 Å². The molecule has 0 bridgehead atoms. The number of benzene rings is 2. The molecule has 0 aliphatic rings. The molecule has 2 heterocycles. The van der Waals surface area contributed by atoms with E-state index in [1.54, 1.807) is 18.0 Å². The van der Waals surface area contributed by atoms with Crippen molar-refractivity contribution in [2.75, 3.05) is 12.3 Å². The summed E-state index contributed by atoms with van der Waals surface area (Å²) >= 11 is 3.30. The third-order valence-corrected chi connectivity index (χ3v) is 6.13. The summed E-state index contributed by atoms with van der Waals surface area (Å²) in [6.45, 7) is 0.576. The Balaban J connectivity index is 1.39. The van der Waals surface area contributed by atoms with E-state index in [4.69, 9.17) is 0 Å². The first-order valence-electron chi connectivity index (χ1n) is 8.88. The Morgan fingerprint density at radius 1 is 1.00 bits per heavy atom. The van der Waals surface area contributed by atoms with Gasteiger partial charge in [0.1, 0.15) is 10.7 Å². The number of fused-ring (bicyclic) bond motifs is 1. The number of hydrogen-bond donors (Lipinski definition) is 1. The van der Waals surface area contributed by atoms with Crippen LogP contribution in [0.2, 0.25) is 0 Å². The van der Waals surface area contributed by atoms with Crippen molar-refractivity contribution >= 4 is 39.2 Å². The van der Waals surface area contributed by atoms with Crippen molar-refractivity contribution in [1.29, 1.82) is 0 Å². The molecule has 0 unspecified atom stereocenters. The molecule has 7 heteroatoms. The Labute approximate surface area is 171 Å². The zero-order valence-electron chi connectivity index (χ0n) is 15.0. The maximum atomic E-state index is 12.6. The van der Waals surface area contributed by atoms with Gasteiger partial charge in [0.15, 0.2) is 5.69 Å². The predicted molar refractivity (Wildman–Crippen MR) is 116 cm³/mol. The van der Waals surface area contributed by atoms with Gasteiger partial charge in [-0.25, -0.2) is 15.0 Å². The van der Waals surface area contributed by atoms with Crippen molar-refractivity contribution in [2.24, 2.45) is 0 Å². The third kappa shape index (κ3) is 4.37. The summed E-state index contributed by atoms with van der Waals surface area (Å²) in [7, 11) is 0. The lowest BCUT2D eigenvalue weighted by Crippen LogP contribution is -2.27. The molecule has 2 aromatic heterocycles. The minimum atomic E-state index is -0.220. The van der Waals surface area contributed by atoms with Crippen molar-refractivity contribution < 1.29 is 4.79 Å². The zero-order chi connectivity index (χ0) is 19.2. The summed E-state index contributed by atoms with van der Waals surface area (Å²) in [6.07, 6.45) is 3.13. The monoisotopic (exact) mass is 406 g/mol. The summed E-state index contributed by atoms with van der Waals surface area (Å²) < 4.78 is 1.06. The third-order valence-electron chi connectivity index (χ3n) is 4.05. The molecule has 1 amide bonds. The van der Waals surface area contributed by atoms with Gasteiger partial charge in [-0.1, -0.05) is 42.5 Å². The Bertz CT molecular complexity index is 1050. The molecule has 0 saturated heterocycles. The molecule has 0 aliphatic carbocycles. The Kier molecular flexibility index (Phi) is 5.94. The molecule has 0 spiro atoms.